The molecule has 0 spiro atoms. The summed E-state index contributed by atoms with van der Waals surface area (Å²) in [6.45, 7) is 0. The number of rotatable bonds is 6. The van der Waals surface area contributed by atoms with Crippen molar-refractivity contribution in [3.63, 3.8) is 0 Å². The van der Waals surface area contributed by atoms with Gasteiger partial charge >= 0.3 is 5.97 Å². The van der Waals surface area contributed by atoms with E-state index in [0.29, 0.717) is 28.2 Å². The van der Waals surface area contributed by atoms with Gasteiger partial charge < -0.3 is 14.6 Å². The summed E-state index contributed by atoms with van der Waals surface area (Å²) >= 11 is 0. The third-order valence-electron chi connectivity index (χ3n) is 3.90. The molecular formula is C22H18N2O5. The van der Waals surface area contributed by atoms with E-state index in [2.05, 4.69) is 10.5 Å². The van der Waals surface area contributed by atoms with Crippen molar-refractivity contribution in [1.82, 2.24) is 5.43 Å². The number of methoxy groups -OCH3 is 1. The summed E-state index contributed by atoms with van der Waals surface area (Å²) in [4.78, 5) is 24.2. The number of esters is 1. The number of phenols is 1. The highest BCUT2D eigenvalue weighted by Crippen LogP contribution is 2.16. The number of benzene rings is 3. The SMILES string of the molecule is COc1ccc(C(=O)Oc2cccc(C=NNC(=O)c3ccc(O)cc3)c2)cc1. The lowest BCUT2D eigenvalue weighted by Crippen LogP contribution is -2.17. The van der Waals surface area contributed by atoms with E-state index >= 15 is 0 Å². The molecule has 0 aliphatic heterocycles. The average Bonchev–Trinajstić information content (AvgIpc) is 2.74. The first-order valence-corrected chi connectivity index (χ1v) is 8.64. The molecule has 3 rings (SSSR count). The van der Waals surface area contributed by atoms with Crippen LogP contribution in [0.15, 0.2) is 77.9 Å². The fraction of sp³-hybridized carbons (Fsp3) is 0.0455. The molecule has 0 unspecified atom stereocenters. The number of hydrogen-bond acceptors (Lipinski definition) is 6. The molecule has 7 nitrogen and oxygen atoms in total. The maximum atomic E-state index is 12.2. The Morgan fingerprint density at radius 3 is 2.31 bits per heavy atom. The van der Waals surface area contributed by atoms with E-state index in [0.717, 1.165) is 0 Å². The second-order valence-corrected chi connectivity index (χ2v) is 5.94. The van der Waals surface area contributed by atoms with Gasteiger partial charge in [0.25, 0.3) is 5.91 Å². The van der Waals surface area contributed by atoms with Crippen LogP contribution < -0.4 is 14.9 Å². The number of hydrazone groups is 1. The topological polar surface area (TPSA) is 97.2 Å². The highest BCUT2D eigenvalue weighted by Gasteiger charge is 2.09. The molecule has 1 amide bonds. The van der Waals surface area contributed by atoms with Gasteiger partial charge in [-0.15, -0.1) is 0 Å². The van der Waals surface area contributed by atoms with Gasteiger partial charge in [0.2, 0.25) is 0 Å². The average molecular weight is 390 g/mol. The number of amides is 1. The Balaban J connectivity index is 1.61. The minimum absolute atomic E-state index is 0.0750. The summed E-state index contributed by atoms with van der Waals surface area (Å²) in [7, 11) is 1.55. The van der Waals surface area contributed by atoms with E-state index < -0.39 is 11.9 Å². The lowest BCUT2D eigenvalue weighted by molar-refractivity contribution is 0.0734. The van der Waals surface area contributed by atoms with E-state index in [1.807, 2.05) is 0 Å². The minimum atomic E-state index is -0.498. The van der Waals surface area contributed by atoms with Crippen molar-refractivity contribution in [2.75, 3.05) is 7.11 Å². The fourth-order valence-electron chi connectivity index (χ4n) is 2.39. The van der Waals surface area contributed by atoms with Gasteiger partial charge in [-0.25, -0.2) is 10.2 Å². The van der Waals surface area contributed by atoms with Gasteiger partial charge in [-0.05, 0) is 66.2 Å². The van der Waals surface area contributed by atoms with E-state index in [9.17, 15) is 14.7 Å². The second-order valence-electron chi connectivity index (χ2n) is 5.94. The van der Waals surface area contributed by atoms with Crippen molar-refractivity contribution < 1.29 is 24.2 Å². The van der Waals surface area contributed by atoms with Crippen LogP contribution in [0.4, 0.5) is 0 Å². The number of carbonyl (C=O) groups excluding carboxylic acids is 2. The summed E-state index contributed by atoms with van der Waals surface area (Å²) in [6.07, 6.45) is 1.43. The summed E-state index contributed by atoms with van der Waals surface area (Å²) in [5.41, 5.74) is 3.79. The number of carbonyl (C=O) groups is 2. The van der Waals surface area contributed by atoms with Crippen molar-refractivity contribution in [3.8, 4) is 17.2 Å². The molecule has 3 aromatic rings. The Morgan fingerprint density at radius 2 is 1.62 bits per heavy atom. The van der Waals surface area contributed by atoms with Gasteiger partial charge in [0.15, 0.2) is 0 Å². The summed E-state index contributed by atoms with van der Waals surface area (Å²) in [6, 6.07) is 19.1. The predicted octanol–water partition coefficient (Wildman–Crippen LogP) is 3.38. The lowest BCUT2D eigenvalue weighted by Gasteiger charge is -2.06. The normalized spacial score (nSPS) is 10.5. The van der Waals surface area contributed by atoms with Crippen LogP contribution in [0.3, 0.4) is 0 Å². The smallest absolute Gasteiger partial charge is 0.343 e. The molecule has 7 heteroatoms. The number of hydrogen-bond donors (Lipinski definition) is 2. The van der Waals surface area contributed by atoms with E-state index in [1.165, 1.54) is 30.5 Å². The Morgan fingerprint density at radius 1 is 0.931 bits per heavy atom. The molecule has 29 heavy (non-hydrogen) atoms. The van der Waals surface area contributed by atoms with Crippen LogP contribution in [0.25, 0.3) is 0 Å². The van der Waals surface area contributed by atoms with Gasteiger partial charge in [-0.2, -0.15) is 5.10 Å². The molecule has 0 fully saturated rings. The van der Waals surface area contributed by atoms with Crippen molar-refractivity contribution in [2.24, 2.45) is 5.10 Å². The molecule has 3 aromatic carbocycles. The molecule has 0 saturated heterocycles. The molecule has 2 N–H and O–H groups in total. The van der Waals surface area contributed by atoms with Crippen molar-refractivity contribution in [1.29, 1.82) is 0 Å². The Bertz CT molecular complexity index is 1030. The monoisotopic (exact) mass is 390 g/mol. The second kappa shape index (κ2) is 9.18. The van der Waals surface area contributed by atoms with Crippen LogP contribution >= 0.6 is 0 Å². The summed E-state index contributed by atoms with van der Waals surface area (Å²) < 4.78 is 10.4. The van der Waals surface area contributed by atoms with E-state index in [1.54, 1.807) is 55.6 Å². The van der Waals surface area contributed by atoms with Crippen LogP contribution in [-0.4, -0.2) is 30.3 Å². The lowest BCUT2D eigenvalue weighted by atomic mass is 10.2. The van der Waals surface area contributed by atoms with E-state index in [4.69, 9.17) is 9.47 Å². The van der Waals surface area contributed by atoms with Gasteiger partial charge in [0, 0.05) is 5.56 Å². The zero-order valence-corrected chi connectivity index (χ0v) is 15.5. The molecule has 0 heterocycles. The van der Waals surface area contributed by atoms with Gasteiger partial charge in [-0.1, -0.05) is 12.1 Å². The quantitative estimate of drug-likeness (QED) is 0.291. The Kier molecular flexibility index (Phi) is 6.22. The number of nitrogens with one attached hydrogen (secondary N) is 1. The Hall–Kier alpha value is -4.13. The third-order valence-corrected chi connectivity index (χ3v) is 3.90. The standard InChI is InChI=1S/C22H18N2O5/c1-28-19-11-7-17(8-12-19)22(27)29-20-4-2-3-15(13-20)14-23-24-21(26)16-5-9-18(25)10-6-16/h2-14,25H,1H3,(H,24,26). The first kappa shape index (κ1) is 19.6. The molecule has 0 saturated carbocycles. The largest absolute Gasteiger partial charge is 0.508 e. The van der Waals surface area contributed by atoms with Crippen molar-refractivity contribution in [2.45, 2.75) is 0 Å². The summed E-state index contributed by atoms with van der Waals surface area (Å²) in [5, 5.41) is 13.1. The molecular weight excluding hydrogens is 372 g/mol. The maximum absolute atomic E-state index is 12.2. The highest BCUT2D eigenvalue weighted by atomic mass is 16.5. The molecule has 0 atom stereocenters. The molecule has 0 aliphatic rings. The van der Waals surface area contributed by atoms with Crippen LogP contribution in [0.2, 0.25) is 0 Å². The third kappa shape index (κ3) is 5.43. The van der Waals surface area contributed by atoms with Crippen LogP contribution in [0, 0.1) is 0 Å². The summed E-state index contributed by atoms with van der Waals surface area (Å²) in [5.74, 6) is 0.158. The Labute approximate surface area is 167 Å². The number of aromatic hydroxyl groups is 1. The zero-order valence-electron chi connectivity index (χ0n) is 15.5. The minimum Gasteiger partial charge on any atom is -0.508 e. The van der Waals surface area contributed by atoms with Gasteiger partial charge in [-0.3, -0.25) is 4.79 Å². The van der Waals surface area contributed by atoms with E-state index in [-0.39, 0.29) is 5.75 Å². The number of phenolic OH excluding ortho intramolecular Hbond substituents is 1. The van der Waals surface area contributed by atoms with Crippen LogP contribution in [0.1, 0.15) is 26.3 Å². The van der Waals surface area contributed by atoms with Crippen LogP contribution in [-0.2, 0) is 0 Å². The maximum Gasteiger partial charge on any atom is 0.343 e. The number of ether oxygens (including phenoxy) is 2. The molecule has 0 bridgehead atoms. The molecule has 0 aliphatic carbocycles. The first-order valence-electron chi connectivity index (χ1n) is 8.64. The van der Waals surface area contributed by atoms with Gasteiger partial charge in [0.1, 0.15) is 17.2 Å². The fourth-order valence-corrected chi connectivity index (χ4v) is 2.39. The predicted molar refractivity (Wildman–Crippen MR) is 108 cm³/mol. The van der Waals surface area contributed by atoms with Crippen molar-refractivity contribution >= 4 is 18.1 Å². The zero-order chi connectivity index (χ0) is 20.6. The molecule has 146 valence electrons. The first-order chi connectivity index (χ1) is 14.0. The molecule has 0 radical (unpaired) electrons. The molecule has 0 aromatic heterocycles. The van der Waals surface area contributed by atoms with Crippen molar-refractivity contribution in [3.05, 3.63) is 89.5 Å². The van der Waals surface area contributed by atoms with Crippen LogP contribution in [0.5, 0.6) is 17.2 Å². The van der Waals surface area contributed by atoms with Gasteiger partial charge in [0.05, 0.1) is 18.9 Å². The number of nitrogens with zero attached hydrogens (tertiary/aromatic N) is 1. The highest BCUT2D eigenvalue weighted by molar-refractivity contribution is 5.95.